The first-order valence-corrected chi connectivity index (χ1v) is 5.94. The summed E-state index contributed by atoms with van der Waals surface area (Å²) >= 11 is 11.9. The van der Waals surface area contributed by atoms with Crippen LogP contribution in [0, 0.1) is 11.7 Å². The van der Waals surface area contributed by atoms with Gasteiger partial charge in [-0.15, -0.1) is 11.6 Å². The molecule has 0 aliphatic carbocycles. The minimum absolute atomic E-state index is 0.0781. The maximum Gasteiger partial charge on any atom is 0.142 e. The van der Waals surface area contributed by atoms with Gasteiger partial charge in [0, 0.05) is 5.38 Å². The lowest BCUT2D eigenvalue weighted by molar-refractivity contribution is 0.496. The van der Waals surface area contributed by atoms with Crippen LogP contribution >= 0.6 is 23.2 Å². The molecule has 3 heteroatoms. The van der Waals surface area contributed by atoms with Crippen molar-refractivity contribution in [2.24, 2.45) is 5.92 Å². The fourth-order valence-corrected chi connectivity index (χ4v) is 2.09. The van der Waals surface area contributed by atoms with Gasteiger partial charge in [-0.2, -0.15) is 0 Å². The van der Waals surface area contributed by atoms with Gasteiger partial charge < -0.3 is 0 Å². The predicted molar refractivity (Wildman–Crippen MR) is 64.2 cm³/mol. The molecule has 0 amide bonds. The lowest BCUT2D eigenvalue weighted by Crippen LogP contribution is -2.13. The first kappa shape index (κ1) is 12.8. The van der Waals surface area contributed by atoms with Gasteiger partial charge in [0.25, 0.3) is 0 Å². The molecule has 0 aromatic heterocycles. The summed E-state index contributed by atoms with van der Waals surface area (Å²) in [5, 5.41) is 0.308. The molecule has 2 atom stereocenters. The highest BCUT2D eigenvalue weighted by molar-refractivity contribution is 6.31. The van der Waals surface area contributed by atoms with Gasteiger partial charge in [-0.3, -0.25) is 0 Å². The Hall–Kier alpha value is -0.270. The van der Waals surface area contributed by atoms with E-state index >= 15 is 0 Å². The van der Waals surface area contributed by atoms with Crippen molar-refractivity contribution in [3.8, 4) is 0 Å². The van der Waals surface area contributed by atoms with Gasteiger partial charge in [-0.25, -0.2) is 4.39 Å². The Bertz CT molecular complexity index is 323. The van der Waals surface area contributed by atoms with Gasteiger partial charge >= 0.3 is 0 Å². The highest BCUT2D eigenvalue weighted by Crippen LogP contribution is 2.26. The molecule has 0 N–H and O–H groups in total. The summed E-state index contributed by atoms with van der Waals surface area (Å²) in [6.45, 7) is 4.04. The van der Waals surface area contributed by atoms with Crippen LogP contribution < -0.4 is 0 Å². The SMILES string of the molecule is CCC(Cc1cccc(F)c1Cl)C(C)Cl. The van der Waals surface area contributed by atoms with Crippen LogP contribution in [0.4, 0.5) is 4.39 Å². The number of rotatable bonds is 4. The Morgan fingerprint density at radius 1 is 1.40 bits per heavy atom. The van der Waals surface area contributed by atoms with Crippen LogP contribution in [-0.2, 0) is 6.42 Å². The minimum Gasteiger partial charge on any atom is -0.205 e. The summed E-state index contributed by atoms with van der Waals surface area (Å²) < 4.78 is 13.2. The average molecular weight is 249 g/mol. The lowest BCUT2D eigenvalue weighted by atomic mass is 9.94. The molecule has 1 aromatic carbocycles. The highest BCUT2D eigenvalue weighted by atomic mass is 35.5. The van der Waals surface area contributed by atoms with E-state index in [4.69, 9.17) is 23.2 Å². The van der Waals surface area contributed by atoms with E-state index in [1.807, 2.05) is 13.0 Å². The fraction of sp³-hybridized carbons (Fsp3) is 0.500. The monoisotopic (exact) mass is 248 g/mol. The molecule has 1 aromatic rings. The van der Waals surface area contributed by atoms with Crippen molar-refractivity contribution in [2.45, 2.75) is 32.1 Å². The summed E-state index contributed by atoms with van der Waals surface area (Å²) in [6, 6.07) is 4.91. The number of hydrogen-bond donors (Lipinski definition) is 0. The third-order valence-electron chi connectivity index (χ3n) is 2.69. The van der Waals surface area contributed by atoms with E-state index in [1.54, 1.807) is 6.07 Å². The van der Waals surface area contributed by atoms with Crippen molar-refractivity contribution < 1.29 is 4.39 Å². The molecule has 0 aliphatic rings. The van der Waals surface area contributed by atoms with Crippen molar-refractivity contribution in [3.63, 3.8) is 0 Å². The van der Waals surface area contributed by atoms with E-state index in [-0.39, 0.29) is 16.2 Å². The molecule has 0 saturated heterocycles. The lowest BCUT2D eigenvalue weighted by Gasteiger charge is -2.18. The Morgan fingerprint density at radius 2 is 2.07 bits per heavy atom. The summed E-state index contributed by atoms with van der Waals surface area (Å²) in [5.74, 6) is -0.0165. The van der Waals surface area contributed by atoms with Gasteiger partial charge in [0.15, 0.2) is 0 Å². The molecule has 0 saturated carbocycles. The van der Waals surface area contributed by atoms with Crippen LogP contribution in [0.5, 0.6) is 0 Å². The van der Waals surface area contributed by atoms with Crippen molar-refractivity contribution in [1.29, 1.82) is 0 Å². The second kappa shape index (κ2) is 5.72. The van der Waals surface area contributed by atoms with E-state index in [0.29, 0.717) is 5.92 Å². The molecule has 0 nitrogen and oxygen atoms in total. The number of halogens is 3. The minimum atomic E-state index is -0.355. The standard InChI is InChI=1S/C12H15Cl2F/c1-3-9(8(2)13)7-10-5-4-6-11(15)12(10)14/h4-6,8-9H,3,7H2,1-2H3. The zero-order chi connectivity index (χ0) is 11.4. The molecule has 0 fully saturated rings. The Morgan fingerprint density at radius 3 is 2.60 bits per heavy atom. The van der Waals surface area contributed by atoms with Crippen molar-refractivity contribution in [2.75, 3.05) is 0 Å². The fourth-order valence-electron chi connectivity index (χ4n) is 1.62. The second-order valence-corrected chi connectivity index (χ2v) is 4.83. The van der Waals surface area contributed by atoms with E-state index < -0.39 is 0 Å². The molecular weight excluding hydrogens is 234 g/mol. The molecule has 0 radical (unpaired) electrons. The highest BCUT2D eigenvalue weighted by Gasteiger charge is 2.16. The number of hydrogen-bond acceptors (Lipinski definition) is 0. The first-order chi connectivity index (χ1) is 7.06. The van der Waals surface area contributed by atoms with Crippen LogP contribution in [0.25, 0.3) is 0 Å². The van der Waals surface area contributed by atoms with Crippen molar-refractivity contribution in [3.05, 3.63) is 34.6 Å². The van der Waals surface area contributed by atoms with Crippen LogP contribution in [0.1, 0.15) is 25.8 Å². The molecular formula is C12H15Cl2F. The molecule has 0 heterocycles. The van der Waals surface area contributed by atoms with Crippen molar-refractivity contribution in [1.82, 2.24) is 0 Å². The van der Waals surface area contributed by atoms with Crippen molar-refractivity contribution >= 4 is 23.2 Å². The Kier molecular flexibility index (Phi) is 4.88. The quantitative estimate of drug-likeness (QED) is 0.680. The van der Waals surface area contributed by atoms with Crippen LogP contribution in [0.2, 0.25) is 5.02 Å². The van der Waals surface area contributed by atoms with E-state index in [2.05, 4.69) is 6.92 Å². The van der Waals surface area contributed by atoms with Crippen LogP contribution in [0.3, 0.4) is 0 Å². The maximum absolute atomic E-state index is 13.2. The maximum atomic E-state index is 13.2. The molecule has 1 rings (SSSR count). The molecule has 0 spiro atoms. The first-order valence-electron chi connectivity index (χ1n) is 5.13. The number of alkyl halides is 1. The van der Waals surface area contributed by atoms with E-state index in [1.165, 1.54) is 6.07 Å². The van der Waals surface area contributed by atoms with Crippen LogP contribution in [0.15, 0.2) is 18.2 Å². The Labute approximate surface area is 100 Å². The molecule has 0 aliphatic heterocycles. The summed E-state index contributed by atoms with van der Waals surface area (Å²) in [4.78, 5) is 0. The van der Waals surface area contributed by atoms with Gasteiger partial charge in [-0.05, 0) is 30.9 Å². The third-order valence-corrected chi connectivity index (χ3v) is 3.47. The average Bonchev–Trinajstić information content (AvgIpc) is 2.19. The van der Waals surface area contributed by atoms with E-state index in [9.17, 15) is 4.39 Å². The summed E-state index contributed by atoms with van der Waals surface area (Å²) in [7, 11) is 0. The normalized spacial score (nSPS) is 15.0. The molecule has 84 valence electrons. The van der Waals surface area contributed by atoms with E-state index in [0.717, 1.165) is 18.4 Å². The molecule has 15 heavy (non-hydrogen) atoms. The predicted octanol–water partition coefficient (Wildman–Crippen LogP) is 4.68. The topological polar surface area (TPSA) is 0 Å². The van der Waals surface area contributed by atoms with Gasteiger partial charge in [0.2, 0.25) is 0 Å². The zero-order valence-electron chi connectivity index (χ0n) is 8.93. The molecule has 0 bridgehead atoms. The third kappa shape index (κ3) is 3.35. The second-order valence-electron chi connectivity index (χ2n) is 3.76. The summed E-state index contributed by atoms with van der Waals surface area (Å²) in [6.07, 6.45) is 1.70. The Balaban J connectivity index is 2.84. The zero-order valence-corrected chi connectivity index (χ0v) is 10.4. The van der Waals surface area contributed by atoms with Gasteiger partial charge in [0.1, 0.15) is 5.82 Å². The largest absolute Gasteiger partial charge is 0.205 e. The number of benzene rings is 1. The molecule has 2 unspecified atom stereocenters. The van der Waals surface area contributed by atoms with Gasteiger partial charge in [-0.1, -0.05) is 37.1 Å². The van der Waals surface area contributed by atoms with Gasteiger partial charge in [0.05, 0.1) is 5.02 Å². The van der Waals surface area contributed by atoms with Crippen LogP contribution in [-0.4, -0.2) is 5.38 Å². The summed E-state index contributed by atoms with van der Waals surface area (Å²) in [5.41, 5.74) is 0.844. The smallest absolute Gasteiger partial charge is 0.142 e.